The second-order valence-corrected chi connectivity index (χ2v) is 5.89. The van der Waals surface area contributed by atoms with Crippen LogP contribution in [0.2, 0.25) is 0 Å². The smallest absolute Gasteiger partial charge is 0.407 e. The van der Waals surface area contributed by atoms with Gasteiger partial charge >= 0.3 is 6.09 Å². The van der Waals surface area contributed by atoms with Crippen LogP contribution in [0.1, 0.15) is 26.3 Å². The van der Waals surface area contributed by atoms with Crippen molar-refractivity contribution < 1.29 is 14.3 Å². The van der Waals surface area contributed by atoms with E-state index in [2.05, 4.69) is 10.6 Å². The minimum atomic E-state index is -0.481. The molecular weight excluding hydrogens is 256 g/mol. The molecule has 1 fully saturated rings. The van der Waals surface area contributed by atoms with Crippen LogP contribution in [0.3, 0.4) is 0 Å². The number of carbonyl (C=O) groups excluding carboxylic acids is 1. The second kappa shape index (κ2) is 6.13. The SMILES string of the molecule is CC(C)(C)OC(=O)NCc1ccccc1NC1COC1. The lowest BCUT2D eigenvalue weighted by Crippen LogP contribution is -2.40. The molecule has 1 amide bonds. The van der Waals surface area contributed by atoms with E-state index in [1.54, 1.807) is 0 Å². The molecule has 0 aliphatic carbocycles. The Kier molecular flexibility index (Phi) is 4.49. The van der Waals surface area contributed by atoms with Crippen molar-refractivity contribution in [3.05, 3.63) is 29.8 Å². The standard InChI is InChI=1S/C15H22N2O3/c1-15(2,3)20-14(18)16-8-11-6-4-5-7-13(11)17-12-9-19-10-12/h4-7,12,17H,8-10H2,1-3H3,(H,16,18). The van der Waals surface area contributed by atoms with Gasteiger partial charge in [-0.1, -0.05) is 18.2 Å². The maximum absolute atomic E-state index is 11.7. The predicted octanol–water partition coefficient (Wildman–Crippen LogP) is 2.52. The second-order valence-electron chi connectivity index (χ2n) is 5.89. The summed E-state index contributed by atoms with van der Waals surface area (Å²) in [6, 6.07) is 8.27. The Hall–Kier alpha value is -1.75. The number of rotatable bonds is 4. The van der Waals surface area contributed by atoms with Crippen LogP contribution in [-0.2, 0) is 16.0 Å². The summed E-state index contributed by atoms with van der Waals surface area (Å²) in [5.41, 5.74) is 1.58. The Morgan fingerprint density at radius 2 is 2.05 bits per heavy atom. The van der Waals surface area contributed by atoms with Gasteiger partial charge in [0.2, 0.25) is 0 Å². The van der Waals surface area contributed by atoms with Crippen molar-refractivity contribution in [1.82, 2.24) is 5.32 Å². The maximum atomic E-state index is 11.7. The molecule has 1 saturated heterocycles. The summed E-state index contributed by atoms with van der Waals surface area (Å²) in [6.07, 6.45) is -0.403. The summed E-state index contributed by atoms with van der Waals surface area (Å²) in [5, 5.41) is 6.17. The first-order valence-corrected chi connectivity index (χ1v) is 6.83. The molecule has 0 saturated carbocycles. The Labute approximate surface area is 119 Å². The molecule has 1 aliphatic heterocycles. The molecule has 1 aliphatic rings. The summed E-state index contributed by atoms with van der Waals surface area (Å²) in [7, 11) is 0. The van der Waals surface area contributed by atoms with Crippen molar-refractivity contribution in [1.29, 1.82) is 0 Å². The maximum Gasteiger partial charge on any atom is 0.407 e. The number of hydrogen-bond acceptors (Lipinski definition) is 4. The lowest BCUT2D eigenvalue weighted by Gasteiger charge is -2.29. The van der Waals surface area contributed by atoms with E-state index in [1.165, 1.54) is 0 Å². The van der Waals surface area contributed by atoms with Crippen LogP contribution in [0.15, 0.2) is 24.3 Å². The van der Waals surface area contributed by atoms with Crippen LogP contribution < -0.4 is 10.6 Å². The van der Waals surface area contributed by atoms with E-state index in [4.69, 9.17) is 9.47 Å². The van der Waals surface area contributed by atoms with Crippen molar-refractivity contribution in [2.24, 2.45) is 0 Å². The molecule has 5 nitrogen and oxygen atoms in total. The first kappa shape index (κ1) is 14.7. The highest BCUT2D eigenvalue weighted by Gasteiger charge is 2.19. The van der Waals surface area contributed by atoms with Gasteiger partial charge in [0, 0.05) is 12.2 Å². The summed E-state index contributed by atoms with van der Waals surface area (Å²) in [4.78, 5) is 11.7. The molecule has 0 aromatic heterocycles. The van der Waals surface area contributed by atoms with E-state index in [0.717, 1.165) is 24.5 Å². The van der Waals surface area contributed by atoms with Gasteiger partial charge in [-0.15, -0.1) is 0 Å². The minimum Gasteiger partial charge on any atom is -0.444 e. The monoisotopic (exact) mass is 278 g/mol. The zero-order chi connectivity index (χ0) is 14.6. The first-order valence-electron chi connectivity index (χ1n) is 6.83. The highest BCUT2D eigenvalue weighted by atomic mass is 16.6. The van der Waals surface area contributed by atoms with Crippen molar-refractivity contribution in [3.8, 4) is 0 Å². The quantitative estimate of drug-likeness (QED) is 0.888. The number of hydrogen-bond donors (Lipinski definition) is 2. The van der Waals surface area contributed by atoms with Crippen LogP contribution in [-0.4, -0.2) is 30.9 Å². The van der Waals surface area contributed by atoms with Crippen molar-refractivity contribution in [2.75, 3.05) is 18.5 Å². The lowest BCUT2D eigenvalue weighted by atomic mass is 10.1. The molecule has 2 N–H and O–H groups in total. The van der Waals surface area contributed by atoms with Gasteiger partial charge in [0.1, 0.15) is 5.60 Å². The summed E-state index contributed by atoms with van der Waals surface area (Å²) in [6.45, 7) is 7.43. The Bertz CT molecular complexity index is 464. The van der Waals surface area contributed by atoms with E-state index in [1.807, 2.05) is 45.0 Å². The van der Waals surface area contributed by atoms with Crippen LogP contribution in [0, 0.1) is 0 Å². The Balaban J connectivity index is 1.90. The molecule has 5 heteroatoms. The zero-order valence-electron chi connectivity index (χ0n) is 12.2. The summed E-state index contributed by atoms with van der Waals surface area (Å²) in [5.74, 6) is 0. The van der Waals surface area contributed by atoms with Gasteiger partial charge in [-0.25, -0.2) is 4.79 Å². The van der Waals surface area contributed by atoms with Gasteiger partial charge < -0.3 is 20.1 Å². The molecule has 0 bridgehead atoms. The van der Waals surface area contributed by atoms with E-state index in [-0.39, 0.29) is 0 Å². The van der Waals surface area contributed by atoms with Gasteiger partial charge in [0.25, 0.3) is 0 Å². The van der Waals surface area contributed by atoms with Gasteiger partial charge in [-0.05, 0) is 32.4 Å². The fourth-order valence-corrected chi connectivity index (χ4v) is 1.84. The highest BCUT2D eigenvalue weighted by Crippen LogP contribution is 2.18. The normalized spacial score (nSPS) is 15.3. The third kappa shape index (κ3) is 4.42. The molecule has 110 valence electrons. The number of nitrogens with one attached hydrogen (secondary N) is 2. The molecule has 0 spiro atoms. The Morgan fingerprint density at radius 1 is 1.35 bits per heavy atom. The number of anilines is 1. The van der Waals surface area contributed by atoms with Crippen molar-refractivity contribution in [2.45, 2.75) is 39.0 Å². The Morgan fingerprint density at radius 3 is 2.65 bits per heavy atom. The van der Waals surface area contributed by atoms with Gasteiger partial charge in [0.15, 0.2) is 0 Å². The summed E-state index contributed by atoms with van der Waals surface area (Å²) < 4.78 is 10.4. The zero-order valence-corrected chi connectivity index (χ0v) is 12.2. The average molecular weight is 278 g/mol. The fraction of sp³-hybridized carbons (Fsp3) is 0.533. The molecule has 0 unspecified atom stereocenters. The molecule has 1 aromatic carbocycles. The lowest BCUT2D eigenvalue weighted by molar-refractivity contribution is 0.0210. The minimum absolute atomic E-state index is 0.359. The molecule has 0 atom stereocenters. The van der Waals surface area contributed by atoms with Crippen molar-refractivity contribution in [3.63, 3.8) is 0 Å². The van der Waals surface area contributed by atoms with Crippen LogP contribution >= 0.6 is 0 Å². The molecule has 1 aromatic rings. The topological polar surface area (TPSA) is 59.6 Å². The van der Waals surface area contributed by atoms with E-state index < -0.39 is 11.7 Å². The third-order valence-electron chi connectivity index (χ3n) is 2.84. The van der Waals surface area contributed by atoms with Crippen LogP contribution in [0.4, 0.5) is 10.5 Å². The fourth-order valence-electron chi connectivity index (χ4n) is 1.84. The van der Waals surface area contributed by atoms with Gasteiger partial charge in [-0.2, -0.15) is 0 Å². The molecular formula is C15H22N2O3. The van der Waals surface area contributed by atoms with E-state index in [9.17, 15) is 4.79 Å². The number of alkyl carbamates (subject to hydrolysis) is 1. The molecule has 0 radical (unpaired) electrons. The third-order valence-corrected chi connectivity index (χ3v) is 2.84. The van der Waals surface area contributed by atoms with Crippen LogP contribution in [0.5, 0.6) is 0 Å². The number of carbonyl (C=O) groups is 1. The first-order chi connectivity index (χ1) is 9.44. The van der Waals surface area contributed by atoms with Crippen molar-refractivity contribution >= 4 is 11.8 Å². The number of para-hydroxylation sites is 1. The molecule has 2 rings (SSSR count). The largest absolute Gasteiger partial charge is 0.444 e. The summed E-state index contributed by atoms with van der Waals surface area (Å²) >= 11 is 0. The van der Waals surface area contributed by atoms with Crippen LogP contribution in [0.25, 0.3) is 0 Å². The number of ether oxygens (including phenoxy) is 2. The number of benzene rings is 1. The van der Waals surface area contributed by atoms with E-state index >= 15 is 0 Å². The molecule has 20 heavy (non-hydrogen) atoms. The highest BCUT2D eigenvalue weighted by molar-refractivity contribution is 5.68. The molecule has 1 heterocycles. The van der Waals surface area contributed by atoms with E-state index in [0.29, 0.717) is 12.6 Å². The van der Waals surface area contributed by atoms with Gasteiger partial charge in [0.05, 0.1) is 19.3 Å². The average Bonchev–Trinajstić information content (AvgIpc) is 2.30. The number of amides is 1. The predicted molar refractivity (Wildman–Crippen MR) is 77.7 cm³/mol. The van der Waals surface area contributed by atoms with Gasteiger partial charge in [-0.3, -0.25) is 0 Å².